The van der Waals surface area contributed by atoms with E-state index in [9.17, 15) is 9.59 Å². The average molecular weight is 431 g/mol. The van der Waals surface area contributed by atoms with Gasteiger partial charge in [0.25, 0.3) is 0 Å². The topological polar surface area (TPSA) is 67.4 Å². The summed E-state index contributed by atoms with van der Waals surface area (Å²) in [5.41, 5.74) is 2.54. The first-order chi connectivity index (χ1) is 13.0. The Balaban J connectivity index is 1.79. The lowest BCUT2D eigenvalue weighted by atomic mass is 10.2. The highest BCUT2D eigenvalue weighted by Gasteiger charge is 2.06. The normalized spacial score (nSPS) is 10.6. The summed E-state index contributed by atoms with van der Waals surface area (Å²) in [6.45, 7) is 4.54. The third-order valence-corrected chi connectivity index (χ3v) is 4.16. The van der Waals surface area contributed by atoms with Crippen LogP contribution in [0.25, 0.3) is 6.08 Å². The third-order valence-electron chi connectivity index (χ3n) is 3.67. The molecule has 0 heterocycles. The molecule has 0 fully saturated rings. The zero-order chi connectivity index (χ0) is 19.6. The van der Waals surface area contributed by atoms with E-state index < -0.39 is 0 Å². The molecule has 0 saturated heterocycles. The number of benzene rings is 2. The fraction of sp³-hybridized carbons (Fsp3) is 0.238. The van der Waals surface area contributed by atoms with Gasteiger partial charge in [-0.05, 0) is 60.9 Å². The summed E-state index contributed by atoms with van der Waals surface area (Å²) in [6.07, 6.45) is 4.05. The Labute approximate surface area is 167 Å². The molecule has 0 bridgehead atoms. The first-order valence-electron chi connectivity index (χ1n) is 8.72. The molecular weight excluding hydrogens is 408 g/mol. The molecule has 2 amide bonds. The fourth-order valence-corrected chi connectivity index (χ4v) is 2.73. The van der Waals surface area contributed by atoms with Gasteiger partial charge in [-0.3, -0.25) is 9.59 Å². The van der Waals surface area contributed by atoms with Crippen LogP contribution in [-0.2, 0) is 9.59 Å². The van der Waals surface area contributed by atoms with Crippen LogP contribution in [0.3, 0.4) is 0 Å². The molecule has 0 aliphatic carbocycles. The van der Waals surface area contributed by atoms with Crippen molar-refractivity contribution in [1.29, 1.82) is 0 Å². The predicted molar refractivity (Wildman–Crippen MR) is 112 cm³/mol. The smallest absolute Gasteiger partial charge is 0.244 e. The summed E-state index contributed by atoms with van der Waals surface area (Å²) in [7, 11) is 0. The molecule has 6 heteroatoms. The lowest BCUT2D eigenvalue weighted by Gasteiger charge is -2.09. The van der Waals surface area contributed by atoms with E-state index in [4.69, 9.17) is 4.74 Å². The highest BCUT2D eigenvalue weighted by atomic mass is 79.9. The molecule has 142 valence electrons. The van der Waals surface area contributed by atoms with Crippen molar-refractivity contribution >= 4 is 39.5 Å². The Bertz CT molecular complexity index is 817. The maximum Gasteiger partial charge on any atom is 0.244 e. The van der Waals surface area contributed by atoms with Crippen LogP contribution >= 0.6 is 15.9 Å². The first-order valence-corrected chi connectivity index (χ1v) is 9.52. The number of nitrogens with one attached hydrogen (secondary N) is 2. The first kappa shape index (κ1) is 20.7. The van der Waals surface area contributed by atoms with Gasteiger partial charge in [0.2, 0.25) is 11.8 Å². The summed E-state index contributed by atoms with van der Waals surface area (Å²) in [6, 6.07) is 13.0. The summed E-state index contributed by atoms with van der Waals surface area (Å²) >= 11 is 3.38. The molecule has 0 aromatic heterocycles. The number of aryl methyl sites for hydroxylation is 1. The molecular formula is C21H23BrN2O3. The Morgan fingerprint density at radius 1 is 1.15 bits per heavy atom. The van der Waals surface area contributed by atoms with Gasteiger partial charge in [0.15, 0.2) is 0 Å². The van der Waals surface area contributed by atoms with Crippen LogP contribution in [0.1, 0.15) is 24.5 Å². The summed E-state index contributed by atoms with van der Waals surface area (Å²) in [4.78, 5) is 23.9. The molecule has 0 aliphatic heterocycles. The number of carbonyl (C=O) groups excluding carboxylic acids is 2. The second-order valence-electron chi connectivity index (χ2n) is 5.98. The number of carbonyl (C=O) groups is 2. The number of anilines is 1. The average Bonchev–Trinajstić information content (AvgIpc) is 2.66. The van der Waals surface area contributed by atoms with E-state index in [-0.39, 0.29) is 18.4 Å². The van der Waals surface area contributed by atoms with Gasteiger partial charge >= 0.3 is 0 Å². The molecule has 0 spiro atoms. The van der Waals surface area contributed by atoms with Crippen LogP contribution in [0.2, 0.25) is 0 Å². The third kappa shape index (κ3) is 7.27. The van der Waals surface area contributed by atoms with E-state index in [1.54, 1.807) is 6.08 Å². The largest absolute Gasteiger partial charge is 0.494 e. The van der Waals surface area contributed by atoms with Crippen molar-refractivity contribution < 1.29 is 14.3 Å². The SMILES string of the molecule is CCCOc1ccc(/C=C/C(=O)NCC(=O)Nc2ccc(Br)cc2C)cc1. The van der Waals surface area contributed by atoms with Gasteiger partial charge < -0.3 is 15.4 Å². The van der Waals surface area contributed by atoms with Gasteiger partial charge in [0.1, 0.15) is 5.75 Å². The van der Waals surface area contributed by atoms with E-state index in [2.05, 4.69) is 33.5 Å². The predicted octanol–water partition coefficient (Wildman–Crippen LogP) is 4.31. The number of halogens is 1. The van der Waals surface area contributed by atoms with Crippen molar-refractivity contribution in [2.24, 2.45) is 0 Å². The second kappa shape index (κ2) is 10.5. The molecule has 0 radical (unpaired) electrons. The minimum Gasteiger partial charge on any atom is -0.494 e. The Hall–Kier alpha value is -2.60. The van der Waals surface area contributed by atoms with Gasteiger partial charge in [-0.15, -0.1) is 0 Å². The second-order valence-corrected chi connectivity index (χ2v) is 6.89. The molecule has 0 saturated carbocycles. The van der Waals surface area contributed by atoms with E-state index in [1.165, 1.54) is 6.08 Å². The van der Waals surface area contributed by atoms with Crippen molar-refractivity contribution in [1.82, 2.24) is 5.32 Å². The zero-order valence-electron chi connectivity index (χ0n) is 15.4. The van der Waals surface area contributed by atoms with Crippen LogP contribution < -0.4 is 15.4 Å². The highest BCUT2D eigenvalue weighted by molar-refractivity contribution is 9.10. The number of hydrogen-bond acceptors (Lipinski definition) is 3. The minimum absolute atomic E-state index is 0.0948. The molecule has 27 heavy (non-hydrogen) atoms. The van der Waals surface area contributed by atoms with Crippen LogP contribution in [0.4, 0.5) is 5.69 Å². The molecule has 0 aliphatic rings. The van der Waals surface area contributed by atoms with Gasteiger partial charge in [-0.25, -0.2) is 0 Å². The number of ether oxygens (including phenoxy) is 1. The van der Waals surface area contributed by atoms with Gasteiger partial charge in [0.05, 0.1) is 13.2 Å². The zero-order valence-corrected chi connectivity index (χ0v) is 17.0. The van der Waals surface area contributed by atoms with Gasteiger partial charge in [0, 0.05) is 16.2 Å². The van der Waals surface area contributed by atoms with Crippen LogP contribution in [0.5, 0.6) is 5.75 Å². The van der Waals surface area contributed by atoms with Crippen molar-refractivity contribution in [2.75, 3.05) is 18.5 Å². The van der Waals surface area contributed by atoms with Crippen molar-refractivity contribution in [3.8, 4) is 5.75 Å². The van der Waals surface area contributed by atoms with E-state index in [0.29, 0.717) is 6.61 Å². The quantitative estimate of drug-likeness (QED) is 0.612. The Kier molecular flexibility index (Phi) is 8.07. The lowest BCUT2D eigenvalue weighted by Crippen LogP contribution is -2.31. The lowest BCUT2D eigenvalue weighted by molar-refractivity contribution is -0.121. The minimum atomic E-state index is -0.330. The van der Waals surface area contributed by atoms with Gasteiger partial charge in [-0.1, -0.05) is 35.0 Å². The molecule has 0 atom stereocenters. The number of hydrogen-bond donors (Lipinski definition) is 2. The van der Waals surface area contributed by atoms with Crippen molar-refractivity contribution in [2.45, 2.75) is 20.3 Å². The van der Waals surface area contributed by atoms with Crippen LogP contribution in [0, 0.1) is 6.92 Å². The summed E-state index contributed by atoms with van der Waals surface area (Å²) < 4.78 is 6.46. The summed E-state index contributed by atoms with van der Waals surface area (Å²) in [5.74, 6) is 0.196. The molecule has 5 nitrogen and oxygen atoms in total. The molecule has 0 unspecified atom stereocenters. The molecule has 2 aromatic rings. The van der Waals surface area contributed by atoms with E-state index >= 15 is 0 Å². The Morgan fingerprint density at radius 2 is 1.89 bits per heavy atom. The molecule has 2 aromatic carbocycles. The number of amides is 2. The van der Waals surface area contributed by atoms with Crippen molar-refractivity contribution in [3.05, 3.63) is 64.1 Å². The monoisotopic (exact) mass is 430 g/mol. The molecule has 2 N–H and O–H groups in total. The number of rotatable bonds is 8. The van der Waals surface area contributed by atoms with Crippen LogP contribution in [0.15, 0.2) is 53.0 Å². The molecule has 2 rings (SSSR count). The maximum atomic E-state index is 12.0. The fourth-order valence-electron chi connectivity index (χ4n) is 2.26. The van der Waals surface area contributed by atoms with Crippen LogP contribution in [-0.4, -0.2) is 25.0 Å². The van der Waals surface area contributed by atoms with Crippen molar-refractivity contribution in [3.63, 3.8) is 0 Å². The highest BCUT2D eigenvalue weighted by Crippen LogP contribution is 2.19. The standard InChI is InChI=1S/C21H23BrN2O3/c1-3-12-27-18-8-4-16(5-9-18)6-11-20(25)23-14-21(26)24-19-10-7-17(22)13-15(19)2/h4-11,13H,3,12,14H2,1-2H3,(H,23,25)(H,24,26)/b11-6+. The van der Waals surface area contributed by atoms with Gasteiger partial charge in [-0.2, -0.15) is 0 Å². The summed E-state index contributed by atoms with van der Waals surface area (Å²) in [5, 5.41) is 5.35. The van der Waals surface area contributed by atoms with E-state index in [0.717, 1.165) is 33.5 Å². The Morgan fingerprint density at radius 3 is 2.56 bits per heavy atom. The maximum absolute atomic E-state index is 12.0. The van der Waals surface area contributed by atoms with E-state index in [1.807, 2.05) is 49.4 Å².